The lowest BCUT2D eigenvalue weighted by molar-refractivity contribution is -0.143. The zero-order chi connectivity index (χ0) is 21.2. The van der Waals surface area contributed by atoms with E-state index in [1.807, 2.05) is 19.1 Å². The smallest absolute Gasteiger partial charge is 0.307 e. The summed E-state index contributed by atoms with van der Waals surface area (Å²) < 4.78 is 35.7. The molecule has 2 aromatic carbocycles. The molecule has 29 heavy (non-hydrogen) atoms. The van der Waals surface area contributed by atoms with E-state index in [2.05, 4.69) is 4.72 Å². The van der Waals surface area contributed by atoms with Gasteiger partial charge in [0.1, 0.15) is 0 Å². The maximum atomic E-state index is 13.0. The van der Waals surface area contributed by atoms with E-state index >= 15 is 0 Å². The number of hydrogen-bond acceptors (Lipinski definition) is 6. The number of nitrogens with one attached hydrogen (secondary N) is 1. The van der Waals surface area contributed by atoms with Crippen molar-refractivity contribution in [1.82, 2.24) is 9.29 Å². The molecular formula is C20H22N2O5S2. The molecule has 0 spiro atoms. The molecule has 0 aliphatic heterocycles. The van der Waals surface area contributed by atoms with Gasteiger partial charge in [0, 0.05) is 7.05 Å². The maximum Gasteiger partial charge on any atom is 0.307 e. The fourth-order valence-corrected chi connectivity index (χ4v) is 5.19. The number of nitrogens with zero attached hydrogens (tertiary/aromatic N) is 1. The van der Waals surface area contributed by atoms with Gasteiger partial charge in [-0.25, -0.2) is 13.1 Å². The Morgan fingerprint density at radius 1 is 1.21 bits per heavy atom. The van der Waals surface area contributed by atoms with Gasteiger partial charge in [0.2, 0.25) is 10.0 Å². The third kappa shape index (κ3) is 4.75. The van der Waals surface area contributed by atoms with E-state index in [4.69, 9.17) is 4.74 Å². The van der Waals surface area contributed by atoms with Gasteiger partial charge in [-0.3, -0.25) is 9.59 Å². The minimum absolute atomic E-state index is 0.0350. The second kappa shape index (κ2) is 8.48. The molecule has 0 aliphatic carbocycles. The quantitative estimate of drug-likeness (QED) is 0.577. The Morgan fingerprint density at radius 3 is 2.55 bits per heavy atom. The van der Waals surface area contributed by atoms with E-state index in [0.29, 0.717) is 15.8 Å². The van der Waals surface area contributed by atoms with Crippen LogP contribution in [0.5, 0.6) is 0 Å². The molecular weight excluding hydrogens is 412 g/mol. The average Bonchev–Trinajstić information content (AvgIpc) is 2.95. The van der Waals surface area contributed by atoms with Crippen LogP contribution in [0, 0.1) is 6.92 Å². The number of thiazole rings is 1. The molecule has 0 radical (unpaired) electrons. The van der Waals surface area contributed by atoms with Crippen LogP contribution < -0.4 is 9.60 Å². The molecule has 1 heterocycles. The molecule has 1 aromatic heterocycles. The zero-order valence-corrected chi connectivity index (χ0v) is 18.0. The molecule has 154 valence electrons. The third-order valence-corrected chi connectivity index (χ3v) is 6.99. The summed E-state index contributed by atoms with van der Waals surface area (Å²) >= 11 is 0.984. The number of aryl methyl sites for hydroxylation is 2. The number of aromatic nitrogens is 1. The SMILES string of the molecule is CCOC(=O)CC(NS(=O)(=O)c1ccc2c(c1)sc(=O)n2C)c1ccc(C)cc1. The summed E-state index contributed by atoms with van der Waals surface area (Å²) in [6.45, 7) is 3.84. The lowest BCUT2D eigenvalue weighted by atomic mass is 10.0. The van der Waals surface area contributed by atoms with Gasteiger partial charge < -0.3 is 9.30 Å². The number of esters is 1. The summed E-state index contributed by atoms with van der Waals surface area (Å²) in [4.78, 5) is 23.7. The number of ether oxygens (including phenoxy) is 1. The van der Waals surface area contributed by atoms with Crippen LogP contribution in [0.15, 0.2) is 52.2 Å². The highest BCUT2D eigenvalue weighted by atomic mass is 32.2. The van der Waals surface area contributed by atoms with Crippen molar-refractivity contribution < 1.29 is 17.9 Å². The lowest BCUT2D eigenvalue weighted by Crippen LogP contribution is -2.30. The minimum atomic E-state index is -3.94. The predicted octanol–water partition coefficient (Wildman–Crippen LogP) is 2.88. The van der Waals surface area contributed by atoms with Gasteiger partial charge in [0.05, 0.1) is 34.2 Å². The largest absolute Gasteiger partial charge is 0.466 e. The van der Waals surface area contributed by atoms with Crippen molar-refractivity contribution in [3.8, 4) is 0 Å². The van der Waals surface area contributed by atoms with Crippen molar-refractivity contribution in [2.75, 3.05) is 6.61 Å². The molecule has 1 unspecified atom stereocenters. The van der Waals surface area contributed by atoms with Gasteiger partial charge >= 0.3 is 10.8 Å². The van der Waals surface area contributed by atoms with Gasteiger partial charge in [-0.15, -0.1) is 0 Å². The standard InChI is InChI=1S/C20H22N2O5S2/c1-4-27-19(23)12-16(14-7-5-13(2)6-8-14)21-29(25,26)15-9-10-17-18(11-15)28-20(24)22(17)3/h5-11,16,21H,4,12H2,1-3H3. The van der Waals surface area contributed by atoms with E-state index < -0.39 is 22.0 Å². The Kier molecular flexibility index (Phi) is 6.21. The fraction of sp³-hybridized carbons (Fsp3) is 0.300. The summed E-state index contributed by atoms with van der Waals surface area (Å²) in [6, 6.07) is 11.0. The van der Waals surface area contributed by atoms with Crippen LogP contribution in [-0.4, -0.2) is 25.6 Å². The lowest BCUT2D eigenvalue weighted by Gasteiger charge is -2.19. The number of carbonyl (C=O) groups is 1. The molecule has 3 aromatic rings. The van der Waals surface area contributed by atoms with Crippen molar-refractivity contribution in [2.24, 2.45) is 7.05 Å². The van der Waals surface area contributed by atoms with Gasteiger partial charge in [-0.05, 0) is 37.6 Å². The second-order valence-corrected chi connectivity index (χ2v) is 9.36. The van der Waals surface area contributed by atoms with Gasteiger partial charge in [-0.2, -0.15) is 0 Å². The molecule has 7 nitrogen and oxygen atoms in total. The topological polar surface area (TPSA) is 94.5 Å². The third-order valence-electron chi connectivity index (χ3n) is 4.53. The molecule has 0 saturated carbocycles. The monoisotopic (exact) mass is 434 g/mol. The Balaban J connectivity index is 1.95. The number of fused-ring (bicyclic) bond motifs is 1. The van der Waals surface area contributed by atoms with Crippen LogP contribution in [0.2, 0.25) is 0 Å². The second-order valence-electron chi connectivity index (χ2n) is 6.65. The first-order valence-corrected chi connectivity index (χ1v) is 11.4. The summed E-state index contributed by atoms with van der Waals surface area (Å²) in [5.74, 6) is -0.488. The van der Waals surface area contributed by atoms with Crippen molar-refractivity contribution >= 4 is 37.5 Å². The number of carbonyl (C=O) groups excluding carboxylic acids is 1. The fourth-order valence-electron chi connectivity index (χ4n) is 2.95. The molecule has 1 atom stereocenters. The molecule has 9 heteroatoms. The van der Waals surface area contributed by atoms with Crippen molar-refractivity contribution in [3.63, 3.8) is 0 Å². The molecule has 0 aliphatic rings. The van der Waals surface area contributed by atoms with Crippen LogP contribution in [0.4, 0.5) is 0 Å². The summed E-state index contributed by atoms with van der Waals surface area (Å²) in [6.07, 6.45) is -0.128. The first-order valence-electron chi connectivity index (χ1n) is 9.05. The van der Waals surface area contributed by atoms with Crippen LogP contribution in [0.1, 0.15) is 30.5 Å². The van der Waals surface area contributed by atoms with Gasteiger partial charge in [-0.1, -0.05) is 41.2 Å². The summed E-state index contributed by atoms with van der Waals surface area (Å²) in [7, 11) is -2.30. The van der Waals surface area contributed by atoms with Gasteiger partial charge in [0.15, 0.2) is 0 Å². The maximum absolute atomic E-state index is 13.0. The van der Waals surface area contributed by atoms with E-state index in [1.165, 1.54) is 16.7 Å². The first kappa shape index (κ1) is 21.2. The zero-order valence-electron chi connectivity index (χ0n) is 16.3. The average molecular weight is 435 g/mol. The van der Waals surface area contributed by atoms with Crippen LogP contribution in [-0.2, 0) is 26.6 Å². The molecule has 0 bridgehead atoms. The van der Waals surface area contributed by atoms with Crippen molar-refractivity contribution in [1.29, 1.82) is 0 Å². The van der Waals surface area contributed by atoms with Crippen LogP contribution >= 0.6 is 11.3 Å². The Labute approximate surface area is 173 Å². The van der Waals surface area contributed by atoms with Crippen molar-refractivity contribution in [3.05, 3.63) is 63.3 Å². The number of hydrogen-bond donors (Lipinski definition) is 1. The van der Waals surface area contributed by atoms with Crippen LogP contribution in [0.25, 0.3) is 10.2 Å². The number of benzene rings is 2. The molecule has 3 rings (SSSR count). The minimum Gasteiger partial charge on any atom is -0.466 e. The Hall–Kier alpha value is -2.49. The summed E-state index contributed by atoms with van der Waals surface area (Å²) in [5, 5.41) is 0. The molecule has 0 amide bonds. The number of sulfonamides is 1. The van der Waals surface area contributed by atoms with Gasteiger partial charge in [0.25, 0.3) is 0 Å². The van der Waals surface area contributed by atoms with E-state index in [1.54, 1.807) is 32.2 Å². The normalized spacial score (nSPS) is 12.8. The van der Waals surface area contributed by atoms with E-state index in [0.717, 1.165) is 16.9 Å². The molecule has 0 fully saturated rings. The van der Waals surface area contributed by atoms with E-state index in [-0.39, 0.29) is 22.8 Å². The predicted molar refractivity (Wildman–Crippen MR) is 113 cm³/mol. The highest BCUT2D eigenvalue weighted by Gasteiger charge is 2.25. The van der Waals surface area contributed by atoms with E-state index in [9.17, 15) is 18.0 Å². The first-order chi connectivity index (χ1) is 13.7. The highest BCUT2D eigenvalue weighted by Crippen LogP contribution is 2.25. The Bertz CT molecular complexity index is 1190. The van der Waals surface area contributed by atoms with Crippen LogP contribution in [0.3, 0.4) is 0 Å². The van der Waals surface area contributed by atoms with Crippen molar-refractivity contribution in [2.45, 2.75) is 31.2 Å². The number of rotatable bonds is 7. The highest BCUT2D eigenvalue weighted by molar-refractivity contribution is 7.89. The molecule has 0 saturated heterocycles. The summed E-state index contributed by atoms with van der Waals surface area (Å²) in [5.41, 5.74) is 2.36. The Morgan fingerprint density at radius 2 is 1.90 bits per heavy atom. The molecule has 1 N–H and O–H groups in total.